The smallest absolute Gasteiger partial charge is 0.328 e. The zero-order chi connectivity index (χ0) is 13.5. The van der Waals surface area contributed by atoms with Gasteiger partial charge in [-0.3, -0.25) is 0 Å². The van der Waals surface area contributed by atoms with Crippen LogP contribution >= 0.6 is 0 Å². The van der Waals surface area contributed by atoms with Crippen LogP contribution in [0, 0.1) is 5.82 Å². The van der Waals surface area contributed by atoms with Gasteiger partial charge >= 0.3 is 5.97 Å². The second-order valence-corrected chi connectivity index (χ2v) is 3.92. The maximum absolute atomic E-state index is 13.8. The SMILES string of the molecule is CCCN(CC)c1cccc(F)c1/C=C/C(=O)O. The van der Waals surface area contributed by atoms with Crippen LogP contribution in [-0.4, -0.2) is 24.2 Å². The van der Waals surface area contributed by atoms with Gasteiger partial charge in [-0.05, 0) is 31.6 Å². The van der Waals surface area contributed by atoms with Gasteiger partial charge in [-0.25, -0.2) is 9.18 Å². The van der Waals surface area contributed by atoms with Gasteiger partial charge in [-0.15, -0.1) is 0 Å². The van der Waals surface area contributed by atoms with Crippen LogP contribution in [0.4, 0.5) is 10.1 Å². The predicted octanol–water partition coefficient (Wildman–Crippen LogP) is 3.16. The van der Waals surface area contributed by atoms with E-state index in [2.05, 4.69) is 6.92 Å². The third-order valence-corrected chi connectivity index (χ3v) is 2.64. The Morgan fingerprint density at radius 2 is 2.17 bits per heavy atom. The Labute approximate surface area is 107 Å². The summed E-state index contributed by atoms with van der Waals surface area (Å²) < 4.78 is 13.8. The fourth-order valence-corrected chi connectivity index (χ4v) is 1.84. The summed E-state index contributed by atoms with van der Waals surface area (Å²) in [5.74, 6) is -1.48. The highest BCUT2D eigenvalue weighted by atomic mass is 19.1. The Kier molecular flexibility index (Phi) is 5.36. The molecule has 0 radical (unpaired) electrons. The molecule has 0 saturated heterocycles. The van der Waals surface area contributed by atoms with Crippen LogP contribution in [0.1, 0.15) is 25.8 Å². The van der Waals surface area contributed by atoms with Crippen molar-refractivity contribution in [3.63, 3.8) is 0 Å². The van der Waals surface area contributed by atoms with Crippen molar-refractivity contribution in [3.8, 4) is 0 Å². The van der Waals surface area contributed by atoms with Crippen LogP contribution in [0.5, 0.6) is 0 Å². The summed E-state index contributed by atoms with van der Waals surface area (Å²) >= 11 is 0. The largest absolute Gasteiger partial charge is 0.478 e. The summed E-state index contributed by atoms with van der Waals surface area (Å²) in [5.41, 5.74) is 1.06. The second-order valence-electron chi connectivity index (χ2n) is 3.92. The topological polar surface area (TPSA) is 40.5 Å². The van der Waals surface area contributed by atoms with E-state index in [4.69, 9.17) is 5.11 Å². The monoisotopic (exact) mass is 251 g/mol. The summed E-state index contributed by atoms with van der Waals surface area (Å²) in [6.07, 6.45) is 3.22. The third-order valence-electron chi connectivity index (χ3n) is 2.64. The number of aliphatic carboxylic acids is 1. The molecule has 1 aromatic rings. The minimum absolute atomic E-state index is 0.329. The molecular formula is C14H18FNO2. The number of carbonyl (C=O) groups is 1. The normalized spacial score (nSPS) is 10.8. The molecule has 0 aliphatic carbocycles. The number of nitrogens with zero attached hydrogens (tertiary/aromatic N) is 1. The van der Waals surface area contributed by atoms with Crippen LogP contribution in [0.25, 0.3) is 6.08 Å². The van der Waals surface area contributed by atoms with Crippen LogP contribution in [0.2, 0.25) is 0 Å². The zero-order valence-electron chi connectivity index (χ0n) is 10.7. The maximum atomic E-state index is 13.8. The summed E-state index contributed by atoms with van der Waals surface area (Å²) in [7, 11) is 0. The highest BCUT2D eigenvalue weighted by molar-refractivity contribution is 5.87. The van der Waals surface area contributed by atoms with E-state index in [1.807, 2.05) is 17.9 Å². The molecule has 0 bridgehead atoms. The third kappa shape index (κ3) is 3.58. The molecule has 0 aliphatic heterocycles. The van der Waals surface area contributed by atoms with Gasteiger partial charge in [0.15, 0.2) is 0 Å². The minimum Gasteiger partial charge on any atom is -0.478 e. The first-order valence-corrected chi connectivity index (χ1v) is 6.04. The molecule has 0 atom stereocenters. The number of anilines is 1. The van der Waals surface area contributed by atoms with Crippen LogP contribution in [0.15, 0.2) is 24.3 Å². The molecule has 0 saturated carbocycles. The highest BCUT2D eigenvalue weighted by Gasteiger charge is 2.11. The minimum atomic E-state index is -1.08. The van der Waals surface area contributed by atoms with Gasteiger partial charge in [-0.2, -0.15) is 0 Å². The van der Waals surface area contributed by atoms with Gasteiger partial charge in [0.05, 0.1) is 0 Å². The molecule has 3 nitrogen and oxygen atoms in total. The first-order valence-electron chi connectivity index (χ1n) is 6.04. The number of benzene rings is 1. The first kappa shape index (κ1) is 14.2. The number of halogens is 1. The van der Waals surface area contributed by atoms with Crippen LogP contribution in [0.3, 0.4) is 0 Å². The Balaban J connectivity index is 3.17. The Morgan fingerprint density at radius 1 is 1.44 bits per heavy atom. The molecule has 0 spiro atoms. The molecule has 0 heterocycles. The molecule has 1 aromatic carbocycles. The Hall–Kier alpha value is -1.84. The van der Waals surface area contributed by atoms with Gasteiger partial charge in [-0.1, -0.05) is 13.0 Å². The fraction of sp³-hybridized carbons (Fsp3) is 0.357. The molecular weight excluding hydrogens is 233 g/mol. The Morgan fingerprint density at radius 3 is 2.72 bits per heavy atom. The van der Waals surface area contributed by atoms with Crippen molar-refractivity contribution >= 4 is 17.7 Å². The van der Waals surface area contributed by atoms with Crippen LogP contribution < -0.4 is 4.90 Å². The molecule has 0 fully saturated rings. The van der Waals surface area contributed by atoms with Gasteiger partial charge in [0.2, 0.25) is 0 Å². The quantitative estimate of drug-likeness (QED) is 0.789. The molecule has 0 unspecified atom stereocenters. The molecule has 0 aromatic heterocycles. The van der Waals surface area contributed by atoms with Crippen molar-refractivity contribution < 1.29 is 14.3 Å². The zero-order valence-corrected chi connectivity index (χ0v) is 10.7. The molecule has 4 heteroatoms. The van der Waals surface area contributed by atoms with E-state index in [0.29, 0.717) is 5.56 Å². The van der Waals surface area contributed by atoms with Crippen molar-refractivity contribution in [3.05, 3.63) is 35.7 Å². The van der Waals surface area contributed by atoms with E-state index >= 15 is 0 Å². The summed E-state index contributed by atoms with van der Waals surface area (Å²) in [5, 5.41) is 8.63. The van der Waals surface area contributed by atoms with E-state index in [-0.39, 0.29) is 0 Å². The van der Waals surface area contributed by atoms with E-state index in [1.165, 1.54) is 12.1 Å². The molecule has 18 heavy (non-hydrogen) atoms. The molecule has 1 N–H and O–H groups in total. The fourth-order valence-electron chi connectivity index (χ4n) is 1.84. The molecule has 0 amide bonds. The molecule has 1 rings (SSSR count). The summed E-state index contributed by atoms with van der Waals surface area (Å²) in [6.45, 7) is 5.61. The maximum Gasteiger partial charge on any atom is 0.328 e. The van der Waals surface area contributed by atoms with Gasteiger partial charge in [0.25, 0.3) is 0 Å². The number of carboxylic acids is 1. The van der Waals surface area contributed by atoms with Crippen molar-refractivity contribution in [1.82, 2.24) is 0 Å². The Bertz CT molecular complexity index is 443. The van der Waals surface area contributed by atoms with Gasteiger partial charge in [0.1, 0.15) is 5.82 Å². The lowest BCUT2D eigenvalue weighted by atomic mass is 10.1. The van der Waals surface area contributed by atoms with E-state index in [9.17, 15) is 9.18 Å². The van der Waals surface area contributed by atoms with Crippen LogP contribution in [-0.2, 0) is 4.79 Å². The standard InChI is InChI=1S/C14H18FNO2/c1-3-10-16(4-2)13-7-5-6-12(15)11(13)8-9-14(17)18/h5-9H,3-4,10H2,1-2H3,(H,17,18)/b9-8+. The van der Waals surface area contributed by atoms with Crippen molar-refractivity contribution in [2.75, 3.05) is 18.0 Å². The van der Waals surface area contributed by atoms with Gasteiger partial charge in [0, 0.05) is 30.4 Å². The average molecular weight is 251 g/mol. The molecule has 0 aliphatic rings. The van der Waals surface area contributed by atoms with E-state index < -0.39 is 11.8 Å². The van der Waals surface area contributed by atoms with Crippen molar-refractivity contribution in [1.29, 1.82) is 0 Å². The summed E-state index contributed by atoms with van der Waals surface area (Å²) in [4.78, 5) is 12.6. The summed E-state index contributed by atoms with van der Waals surface area (Å²) in [6, 6.07) is 4.79. The van der Waals surface area contributed by atoms with E-state index in [1.54, 1.807) is 6.07 Å². The van der Waals surface area contributed by atoms with Crippen molar-refractivity contribution in [2.45, 2.75) is 20.3 Å². The van der Waals surface area contributed by atoms with E-state index in [0.717, 1.165) is 31.3 Å². The number of rotatable bonds is 6. The number of carboxylic acid groups (broad SMARTS) is 1. The van der Waals surface area contributed by atoms with Gasteiger partial charge < -0.3 is 10.0 Å². The number of hydrogen-bond donors (Lipinski definition) is 1. The highest BCUT2D eigenvalue weighted by Crippen LogP contribution is 2.24. The number of hydrogen-bond acceptors (Lipinski definition) is 2. The molecule has 98 valence electrons. The lowest BCUT2D eigenvalue weighted by Crippen LogP contribution is -2.24. The lowest BCUT2D eigenvalue weighted by Gasteiger charge is -2.24. The second kappa shape index (κ2) is 6.79. The average Bonchev–Trinajstić information content (AvgIpc) is 2.34. The lowest BCUT2D eigenvalue weighted by molar-refractivity contribution is -0.131. The first-order chi connectivity index (χ1) is 8.60. The van der Waals surface area contributed by atoms with Crippen molar-refractivity contribution in [2.24, 2.45) is 0 Å². The predicted molar refractivity (Wildman–Crippen MR) is 71.2 cm³/mol.